The Balaban J connectivity index is 1.59. The van der Waals surface area contributed by atoms with Crippen molar-refractivity contribution in [3.8, 4) is 5.75 Å². The van der Waals surface area contributed by atoms with Crippen LogP contribution in [0, 0.1) is 12.8 Å². The molecule has 2 aromatic rings. The van der Waals surface area contributed by atoms with Crippen molar-refractivity contribution in [3.63, 3.8) is 0 Å². The summed E-state index contributed by atoms with van der Waals surface area (Å²) in [4.78, 5) is 10.8. The van der Waals surface area contributed by atoms with E-state index in [4.69, 9.17) is 10.5 Å². The molecule has 1 saturated carbocycles. The van der Waals surface area contributed by atoms with Gasteiger partial charge in [-0.3, -0.25) is 4.79 Å². The van der Waals surface area contributed by atoms with Gasteiger partial charge in [0, 0.05) is 12.6 Å². The molecule has 0 aromatic heterocycles. The number of nitrogens with one attached hydrogen (secondary N) is 1. The smallest absolute Gasteiger partial charge is 0.255 e. The largest absolute Gasteiger partial charge is 0.484 e. The molecule has 1 unspecified atom stereocenters. The van der Waals surface area contributed by atoms with Crippen LogP contribution < -0.4 is 15.8 Å². The maximum Gasteiger partial charge on any atom is 0.255 e. The van der Waals surface area contributed by atoms with Gasteiger partial charge in [0.05, 0.1) is 0 Å². The zero-order chi connectivity index (χ0) is 17.6. The van der Waals surface area contributed by atoms with Crippen LogP contribution in [0.4, 0.5) is 0 Å². The van der Waals surface area contributed by atoms with E-state index in [-0.39, 0.29) is 6.61 Å². The summed E-state index contributed by atoms with van der Waals surface area (Å²) in [5.74, 6) is 0.990. The lowest BCUT2D eigenvalue weighted by Crippen LogP contribution is -2.33. The molecule has 0 saturated heterocycles. The molecule has 25 heavy (non-hydrogen) atoms. The molecule has 0 bridgehead atoms. The van der Waals surface area contributed by atoms with Crippen LogP contribution in [-0.4, -0.2) is 18.6 Å². The Hall–Kier alpha value is -2.33. The Morgan fingerprint density at radius 3 is 2.76 bits per heavy atom. The molecule has 1 atom stereocenters. The first-order valence-electron chi connectivity index (χ1n) is 8.90. The van der Waals surface area contributed by atoms with E-state index in [9.17, 15) is 4.79 Å². The van der Waals surface area contributed by atoms with Crippen LogP contribution in [0.5, 0.6) is 5.75 Å². The molecule has 4 heteroatoms. The van der Waals surface area contributed by atoms with Gasteiger partial charge in [0.15, 0.2) is 6.61 Å². The molecule has 1 aliphatic carbocycles. The number of rotatable bonds is 9. The predicted octanol–water partition coefficient (Wildman–Crippen LogP) is 2.97. The molecule has 1 fully saturated rings. The van der Waals surface area contributed by atoms with Gasteiger partial charge in [-0.1, -0.05) is 36.4 Å². The fourth-order valence-electron chi connectivity index (χ4n) is 3.13. The minimum absolute atomic E-state index is 0.0884. The van der Waals surface area contributed by atoms with Crippen LogP contribution in [0.2, 0.25) is 0 Å². The van der Waals surface area contributed by atoms with Gasteiger partial charge < -0.3 is 15.8 Å². The first-order chi connectivity index (χ1) is 12.1. The third-order valence-electron chi connectivity index (χ3n) is 4.74. The van der Waals surface area contributed by atoms with Crippen molar-refractivity contribution in [2.75, 3.05) is 6.61 Å². The van der Waals surface area contributed by atoms with Crippen LogP contribution in [0.3, 0.4) is 0 Å². The first-order valence-corrected chi connectivity index (χ1v) is 8.90. The SMILES string of the molecule is Cc1ccccc1CC(NCc1cccc(OCC(N)=O)c1)C1CC1. The quantitative estimate of drug-likeness (QED) is 0.739. The van der Waals surface area contributed by atoms with Gasteiger partial charge in [-0.2, -0.15) is 0 Å². The molecule has 3 N–H and O–H groups in total. The van der Waals surface area contributed by atoms with Gasteiger partial charge >= 0.3 is 0 Å². The van der Waals surface area contributed by atoms with E-state index < -0.39 is 5.91 Å². The third kappa shape index (κ3) is 5.33. The van der Waals surface area contributed by atoms with E-state index >= 15 is 0 Å². The maximum absolute atomic E-state index is 10.8. The molecule has 1 amide bonds. The number of aryl methyl sites for hydroxylation is 1. The predicted molar refractivity (Wildman–Crippen MR) is 99.4 cm³/mol. The summed E-state index contributed by atoms with van der Waals surface area (Å²) in [5, 5.41) is 3.72. The fraction of sp³-hybridized carbons (Fsp3) is 0.381. The normalized spacial score (nSPS) is 14.9. The Morgan fingerprint density at radius 1 is 1.24 bits per heavy atom. The monoisotopic (exact) mass is 338 g/mol. The van der Waals surface area contributed by atoms with Gasteiger partial charge in [-0.25, -0.2) is 0 Å². The van der Waals surface area contributed by atoms with Gasteiger partial charge in [0.2, 0.25) is 0 Å². The summed E-state index contributed by atoms with van der Waals surface area (Å²) in [6, 6.07) is 16.9. The summed E-state index contributed by atoms with van der Waals surface area (Å²) in [5.41, 5.74) is 9.06. The molecule has 4 nitrogen and oxygen atoms in total. The highest BCUT2D eigenvalue weighted by Crippen LogP contribution is 2.34. The summed E-state index contributed by atoms with van der Waals surface area (Å²) >= 11 is 0. The summed E-state index contributed by atoms with van der Waals surface area (Å²) < 4.78 is 5.38. The minimum atomic E-state index is -0.462. The summed E-state index contributed by atoms with van der Waals surface area (Å²) in [6.45, 7) is 2.88. The number of carbonyl (C=O) groups excluding carboxylic acids is 1. The highest BCUT2D eigenvalue weighted by molar-refractivity contribution is 5.75. The molecule has 132 valence electrons. The Labute approximate surface area is 149 Å². The Morgan fingerprint density at radius 2 is 2.04 bits per heavy atom. The molecule has 0 heterocycles. The number of primary amides is 1. The molecule has 0 radical (unpaired) electrons. The van der Waals surface area contributed by atoms with E-state index in [0.717, 1.165) is 24.4 Å². The number of ether oxygens (including phenoxy) is 1. The number of hydrogen-bond donors (Lipinski definition) is 2. The molecular formula is C21H26N2O2. The van der Waals surface area contributed by atoms with Gasteiger partial charge in [0.1, 0.15) is 5.75 Å². The average Bonchev–Trinajstić information content (AvgIpc) is 3.44. The molecule has 0 spiro atoms. The Kier molecular flexibility index (Phi) is 5.71. The van der Waals surface area contributed by atoms with Crippen LogP contribution in [0.1, 0.15) is 29.5 Å². The minimum Gasteiger partial charge on any atom is -0.484 e. The van der Waals surface area contributed by atoms with Crippen molar-refractivity contribution in [1.29, 1.82) is 0 Å². The van der Waals surface area contributed by atoms with E-state index in [2.05, 4.69) is 42.6 Å². The topological polar surface area (TPSA) is 64.3 Å². The number of carbonyl (C=O) groups is 1. The molecular weight excluding hydrogens is 312 g/mol. The van der Waals surface area contributed by atoms with Crippen molar-refractivity contribution in [1.82, 2.24) is 5.32 Å². The van der Waals surface area contributed by atoms with Crippen molar-refractivity contribution in [2.24, 2.45) is 11.7 Å². The van der Waals surface area contributed by atoms with E-state index in [1.165, 1.54) is 24.0 Å². The second-order valence-corrected chi connectivity index (χ2v) is 6.86. The number of hydrogen-bond acceptors (Lipinski definition) is 3. The highest BCUT2D eigenvalue weighted by atomic mass is 16.5. The Bertz CT molecular complexity index is 725. The molecule has 0 aliphatic heterocycles. The number of amides is 1. The lowest BCUT2D eigenvalue weighted by molar-refractivity contribution is -0.119. The van der Waals surface area contributed by atoms with Crippen molar-refractivity contribution >= 4 is 5.91 Å². The molecule has 1 aliphatic rings. The van der Waals surface area contributed by atoms with Gasteiger partial charge in [-0.15, -0.1) is 0 Å². The lowest BCUT2D eigenvalue weighted by atomic mass is 9.98. The molecule has 3 rings (SSSR count). The van der Waals surface area contributed by atoms with E-state index in [1.54, 1.807) is 0 Å². The van der Waals surface area contributed by atoms with Crippen LogP contribution in [-0.2, 0) is 17.8 Å². The van der Waals surface area contributed by atoms with Crippen molar-refractivity contribution in [3.05, 3.63) is 65.2 Å². The van der Waals surface area contributed by atoms with Crippen LogP contribution >= 0.6 is 0 Å². The van der Waals surface area contributed by atoms with E-state index in [1.807, 2.05) is 18.2 Å². The first kappa shape index (κ1) is 17.5. The van der Waals surface area contributed by atoms with E-state index in [0.29, 0.717) is 11.8 Å². The average molecular weight is 338 g/mol. The standard InChI is InChI=1S/C21H26N2O2/c1-15-5-2-3-7-18(15)12-20(17-9-10-17)23-13-16-6-4-8-19(11-16)25-14-21(22)24/h2-8,11,17,20,23H,9-10,12-14H2,1H3,(H2,22,24). The number of benzene rings is 2. The number of nitrogens with two attached hydrogens (primary N) is 1. The van der Waals surface area contributed by atoms with Crippen molar-refractivity contribution < 1.29 is 9.53 Å². The summed E-state index contributed by atoms with van der Waals surface area (Å²) in [6.07, 6.45) is 3.69. The van der Waals surface area contributed by atoms with Crippen LogP contribution in [0.15, 0.2) is 48.5 Å². The third-order valence-corrected chi connectivity index (χ3v) is 4.74. The highest BCUT2D eigenvalue weighted by Gasteiger charge is 2.31. The zero-order valence-corrected chi connectivity index (χ0v) is 14.7. The summed E-state index contributed by atoms with van der Waals surface area (Å²) in [7, 11) is 0. The second kappa shape index (κ2) is 8.17. The van der Waals surface area contributed by atoms with Crippen LogP contribution in [0.25, 0.3) is 0 Å². The zero-order valence-electron chi connectivity index (χ0n) is 14.7. The van der Waals surface area contributed by atoms with Gasteiger partial charge in [0.25, 0.3) is 5.91 Å². The molecule has 2 aromatic carbocycles. The maximum atomic E-state index is 10.8. The second-order valence-electron chi connectivity index (χ2n) is 6.86. The lowest BCUT2D eigenvalue weighted by Gasteiger charge is -2.20. The van der Waals surface area contributed by atoms with Crippen molar-refractivity contribution in [2.45, 2.75) is 38.8 Å². The fourth-order valence-corrected chi connectivity index (χ4v) is 3.13. The van der Waals surface area contributed by atoms with Gasteiger partial charge in [-0.05, 0) is 60.9 Å².